The highest BCUT2D eigenvalue weighted by atomic mass is 32.2. The fourth-order valence-electron chi connectivity index (χ4n) is 3.31. The monoisotopic (exact) mass is 470 g/mol. The Hall–Kier alpha value is -2.71. The van der Waals surface area contributed by atoms with E-state index in [1.54, 1.807) is 6.92 Å². The van der Waals surface area contributed by atoms with Gasteiger partial charge in [-0.25, -0.2) is 31.7 Å². The van der Waals surface area contributed by atoms with Crippen molar-refractivity contribution in [3.8, 4) is 10.8 Å². The number of hydrogen-bond acceptors (Lipinski definition) is 8. The fraction of sp³-hybridized carbons (Fsp3) is 0.412. The number of cyclic esters (lactones) is 1. The van der Waals surface area contributed by atoms with Crippen molar-refractivity contribution < 1.29 is 26.7 Å². The Morgan fingerprint density at radius 2 is 2.06 bits per heavy atom. The molecule has 0 spiro atoms. The van der Waals surface area contributed by atoms with E-state index in [1.165, 1.54) is 28.6 Å². The number of halogens is 2. The summed E-state index contributed by atoms with van der Waals surface area (Å²) in [7, 11) is -2.49. The molecule has 1 amide bonds. The lowest BCUT2D eigenvalue weighted by Crippen LogP contribution is -2.34. The van der Waals surface area contributed by atoms with Crippen LogP contribution in [-0.4, -0.2) is 46.7 Å². The van der Waals surface area contributed by atoms with Crippen LogP contribution in [0.1, 0.15) is 36.9 Å². The Morgan fingerprint density at radius 1 is 1.32 bits per heavy atom. The maximum atomic E-state index is 13.0. The number of nitrogens with one attached hydrogen (secondary N) is 1. The third-order valence-electron chi connectivity index (χ3n) is 5.24. The number of rotatable bonds is 5. The Morgan fingerprint density at radius 3 is 2.71 bits per heavy atom. The molecular weight excluding hydrogens is 454 g/mol. The SMILES string of the molecule is CN1C(=O)OCc2nc(-c3nnc(C(F)F)s3)n3cc(S(=O)(=O)NC4(C)CC4)cc1c23. The average Bonchev–Trinajstić information content (AvgIpc) is 3.14. The van der Waals surface area contributed by atoms with E-state index in [0.29, 0.717) is 22.5 Å². The molecule has 164 valence electrons. The third kappa shape index (κ3) is 3.34. The number of pyridine rings is 1. The number of aromatic nitrogens is 4. The van der Waals surface area contributed by atoms with E-state index in [1.807, 2.05) is 0 Å². The van der Waals surface area contributed by atoms with Crippen LogP contribution in [0.3, 0.4) is 0 Å². The summed E-state index contributed by atoms with van der Waals surface area (Å²) >= 11 is 0.657. The molecule has 1 fully saturated rings. The molecule has 0 atom stereocenters. The van der Waals surface area contributed by atoms with Gasteiger partial charge in [0.15, 0.2) is 15.8 Å². The minimum atomic E-state index is -3.94. The second-order valence-corrected chi connectivity index (χ2v) is 10.4. The van der Waals surface area contributed by atoms with Gasteiger partial charge in [0.05, 0.1) is 11.2 Å². The van der Waals surface area contributed by atoms with Gasteiger partial charge in [-0.1, -0.05) is 11.3 Å². The molecule has 10 nitrogen and oxygen atoms in total. The molecule has 0 saturated heterocycles. The van der Waals surface area contributed by atoms with Gasteiger partial charge in [0.25, 0.3) is 6.43 Å². The molecule has 0 aromatic carbocycles. The number of carbonyl (C=O) groups is 1. The second kappa shape index (κ2) is 6.64. The van der Waals surface area contributed by atoms with Gasteiger partial charge in [-0.3, -0.25) is 9.30 Å². The Bertz CT molecular complexity index is 1330. The third-order valence-corrected chi connectivity index (χ3v) is 7.77. The highest BCUT2D eigenvalue weighted by molar-refractivity contribution is 7.89. The lowest BCUT2D eigenvalue weighted by Gasteiger charge is -2.18. The quantitative estimate of drug-likeness (QED) is 0.609. The summed E-state index contributed by atoms with van der Waals surface area (Å²) < 4.78 is 61.4. The zero-order valence-corrected chi connectivity index (χ0v) is 17.9. The molecule has 14 heteroatoms. The number of alkyl halides is 2. The van der Waals surface area contributed by atoms with Crippen LogP contribution in [0.4, 0.5) is 19.3 Å². The van der Waals surface area contributed by atoms with Crippen molar-refractivity contribution in [3.05, 3.63) is 23.0 Å². The van der Waals surface area contributed by atoms with Crippen molar-refractivity contribution in [3.63, 3.8) is 0 Å². The lowest BCUT2D eigenvalue weighted by molar-refractivity contribution is 0.148. The van der Waals surface area contributed by atoms with E-state index < -0.39 is 33.1 Å². The van der Waals surface area contributed by atoms with Crippen molar-refractivity contribution in [1.82, 2.24) is 24.3 Å². The van der Waals surface area contributed by atoms with Crippen molar-refractivity contribution in [2.75, 3.05) is 11.9 Å². The molecule has 1 aliphatic heterocycles. The van der Waals surface area contributed by atoms with Crippen LogP contribution in [0.5, 0.6) is 0 Å². The van der Waals surface area contributed by atoms with E-state index in [0.717, 1.165) is 12.8 Å². The standard InChI is InChI=1S/C17H16F2N6O4S2/c1-17(3-4-17)23-31(27,28)8-5-10-11-9(7-29-16(26)24(10)2)20-13(25(11)6-8)15-22-21-14(30-15)12(18)19/h5-6,12,23H,3-4,7H2,1-2H3. The van der Waals surface area contributed by atoms with Crippen LogP contribution in [0.2, 0.25) is 0 Å². The minimum absolute atomic E-state index is 0.0914. The number of anilines is 1. The molecule has 0 bridgehead atoms. The molecular formula is C17H16F2N6O4S2. The first-order valence-corrected chi connectivity index (χ1v) is 11.5. The van der Waals surface area contributed by atoms with Gasteiger partial charge in [-0.15, -0.1) is 10.2 Å². The Kier molecular flexibility index (Phi) is 4.33. The lowest BCUT2D eigenvalue weighted by atomic mass is 10.3. The van der Waals surface area contributed by atoms with Crippen molar-refractivity contribution in [2.45, 2.75) is 43.2 Å². The van der Waals surface area contributed by atoms with Gasteiger partial charge >= 0.3 is 6.09 Å². The molecule has 1 N–H and O–H groups in total. The van der Waals surface area contributed by atoms with Crippen LogP contribution in [0.15, 0.2) is 17.2 Å². The Labute approximate surface area is 178 Å². The average molecular weight is 470 g/mol. The first kappa shape index (κ1) is 20.2. The highest BCUT2D eigenvalue weighted by Crippen LogP contribution is 2.39. The molecule has 3 aromatic rings. The number of hydrogen-bond donors (Lipinski definition) is 1. The number of nitrogens with zero attached hydrogens (tertiary/aromatic N) is 5. The number of ether oxygens (including phenoxy) is 1. The summed E-state index contributed by atoms with van der Waals surface area (Å²) in [6, 6.07) is 1.37. The van der Waals surface area contributed by atoms with E-state index in [9.17, 15) is 22.0 Å². The summed E-state index contributed by atoms with van der Waals surface area (Å²) in [5.41, 5.74) is 0.524. The minimum Gasteiger partial charge on any atom is -0.443 e. The van der Waals surface area contributed by atoms with Gasteiger partial charge in [0.2, 0.25) is 10.0 Å². The molecule has 0 unspecified atom stereocenters. The molecule has 4 heterocycles. The number of amides is 1. The second-order valence-electron chi connectivity index (χ2n) is 7.69. The zero-order valence-electron chi connectivity index (χ0n) is 16.3. The topological polar surface area (TPSA) is 119 Å². The van der Waals surface area contributed by atoms with E-state index in [-0.39, 0.29) is 28.0 Å². The maximum absolute atomic E-state index is 13.0. The van der Waals surface area contributed by atoms with Crippen LogP contribution < -0.4 is 9.62 Å². The first-order chi connectivity index (χ1) is 14.6. The summed E-state index contributed by atoms with van der Waals surface area (Å²) in [5.74, 6) is 0.136. The molecule has 0 radical (unpaired) electrons. The smallest absolute Gasteiger partial charge is 0.414 e. The van der Waals surface area contributed by atoms with Gasteiger partial charge in [0.1, 0.15) is 17.2 Å². The summed E-state index contributed by atoms with van der Waals surface area (Å²) in [6.45, 7) is 1.64. The normalized spacial score (nSPS) is 17.8. The molecule has 31 heavy (non-hydrogen) atoms. The van der Waals surface area contributed by atoms with Gasteiger partial charge in [-0.2, -0.15) is 0 Å². The van der Waals surface area contributed by atoms with Gasteiger partial charge in [0, 0.05) is 18.8 Å². The summed E-state index contributed by atoms with van der Waals surface area (Å²) in [4.78, 5) is 17.7. The van der Waals surface area contributed by atoms with Crippen LogP contribution in [0, 0.1) is 0 Å². The summed E-state index contributed by atoms with van der Waals surface area (Å²) in [6.07, 6.45) is -0.692. The van der Waals surface area contributed by atoms with Crippen LogP contribution in [-0.2, 0) is 21.4 Å². The highest BCUT2D eigenvalue weighted by Gasteiger charge is 2.42. The van der Waals surface area contributed by atoms with Crippen LogP contribution >= 0.6 is 11.3 Å². The van der Waals surface area contributed by atoms with Crippen molar-refractivity contribution >= 4 is 38.7 Å². The first-order valence-electron chi connectivity index (χ1n) is 9.19. The van der Waals surface area contributed by atoms with Crippen LogP contribution in [0.25, 0.3) is 16.3 Å². The largest absolute Gasteiger partial charge is 0.443 e. The summed E-state index contributed by atoms with van der Waals surface area (Å²) in [5, 5.41) is 6.89. The molecule has 3 aromatic heterocycles. The van der Waals surface area contributed by atoms with E-state index in [2.05, 4.69) is 19.9 Å². The molecule has 1 saturated carbocycles. The number of sulfonamides is 1. The Balaban J connectivity index is 1.75. The van der Waals surface area contributed by atoms with Gasteiger partial charge in [-0.05, 0) is 25.8 Å². The predicted molar refractivity (Wildman–Crippen MR) is 106 cm³/mol. The zero-order chi connectivity index (χ0) is 22.1. The fourth-order valence-corrected chi connectivity index (χ4v) is 5.48. The van der Waals surface area contributed by atoms with E-state index >= 15 is 0 Å². The van der Waals surface area contributed by atoms with E-state index in [4.69, 9.17) is 4.74 Å². The molecule has 1 aliphatic carbocycles. The molecule has 5 rings (SSSR count). The maximum Gasteiger partial charge on any atom is 0.414 e. The van der Waals surface area contributed by atoms with Gasteiger partial charge < -0.3 is 4.74 Å². The molecule has 2 aliphatic rings. The number of imidazole rings is 1. The number of carbonyl (C=O) groups excluding carboxylic acids is 1. The predicted octanol–water partition coefficient (Wildman–Crippen LogP) is 2.71. The van der Waals surface area contributed by atoms with Crippen molar-refractivity contribution in [2.24, 2.45) is 0 Å². The van der Waals surface area contributed by atoms with Crippen molar-refractivity contribution in [1.29, 1.82) is 0 Å².